The minimum absolute atomic E-state index is 0.102. The molecular formula is C37H43BrClN5O6. The van der Waals surface area contributed by atoms with Gasteiger partial charge in [0.2, 0.25) is 0 Å². The van der Waals surface area contributed by atoms with Crippen LogP contribution in [0.2, 0.25) is 5.02 Å². The number of β-amino-alcohol motifs (C(OH)–C–C–N with tert-alkyl or cyclic N) is 1. The second-order valence-electron chi connectivity index (χ2n) is 12.4. The van der Waals surface area contributed by atoms with Crippen molar-refractivity contribution in [2.24, 2.45) is 0 Å². The first-order valence-electron chi connectivity index (χ1n) is 16.9. The second-order valence-corrected chi connectivity index (χ2v) is 13.6. The van der Waals surface area contributed by atoms with E-state index in [4.69, 9.17) is 31.4 Å². The van der Waals surface area contributed by atoms with Crippen LogP contribution < -0.4 is 14.8 Å². The molecule has 2 heterocycles. The summed E-state index contributed by atoms with van der Waals surface area (Å²) in [5.74, 6) is -0.287. The number of carbonyl (C=O) groups is 1. The van der Waals surface area contributed by atoms with Crippen LogP contribution in [0.5, 0.6) is 11.5 Å². The normalized spacial score (nSPS) is 15.3. The van der Waals surface area contributed by atoms with Crippen molar-refractivity contribution in [2.45, 2.75) is 70.4 Å². The van der Waals surface area contributed by atoms with Crippen LogP contribution in [0, 0.1) is 11.3 Å². The first kappa shape index (κ1) is 37.6. The van der Waals surface area contributed by atoms with E-state index in [9.17, 15) is 20.1 Å². The Morgan fingerprint density at radius 1 is 1.08 bits per heavy atom. The molecule has 0 radical (unpaired) electrons. The number of ether oxygens (including phenoxy) is 2. The maximum atomic E-state index is 11.4. The summed E-state index contributed by atoms with van der Waals surface area (Å²) < 4.78 is 15.2. The highest BCUT2D eigenvalue weighted by Crippen LogP contribution is 2.38. The maximum Gasteiger partial charge on any atom is 0.323 e. The van der Waals surface area contributed by atoms with Gasteiger partial charge in [0.15, 0.2) is 0 Å². The Bertz CT molecular complexity index is 1800. The van der Waals surface area contributed by atoms with E-state index in [1.807, 2.05) is 24.4 Å². The number of fused-ring (bicyclic) bond motifs is 1. The number of benzene rings is 3. The van der Waals surface area contributed by atoms with Crippen LogP contribution in [0.15, 0.2) is 59.2 Å². The van der Waals surface area contributed by atoms with E-state index >= 15 is 0 Å². The quantitative estimate of drug-likeness (QED) is 0.0818. The van der Waals surface area contributed by atoms with Crippen LogP contribution >= 0.6 is 27.5 Å². The number of nitrogens with zero attached hydrogens (tertiary/aromatic N) is 4. The minimum Gasteiger partial charge on any atom is -0.493 e. The van der Waals surface area contributed by atoms with E-state index in [0.29, 0.717) is 48.0 Å². The van der Waals surface area contributed by atoms with Crippen molar-refractivity contribution in [3.05, 3.63) is 75.4 Å². The topological polar surface area (TPSA) is 153 Å². The van der Waals surface area contributed by atoms with Crippen molar-refractivity contribution < 1.29 is 29.6 Å². The van der Waals surface area contributed by atoms with Crippen LogP contribution in [0.1, 0.15) is 49.7 Å². The van der Waals surface area contributed by atoms with Gasteiger partial charge in [0.25, 0.3) is 0 Å². The molecule has 1 fully saturated rings. The molecule has 13 heteroatoms. The number of rotatable bonds is 19. The average Bonchev–Trinajstić information content (AvgIpc) is 3.73. The Hall–Kier alpha value is -3.70. The van der Waals surface area contributed by atoms with Gasteiger partial charge in [-0.2, -0.15) is 10.4 Å². The van der Waals surface area contributed by atoms with Gasteiger partial charge in [-0.1, -0.05) is 41.9 Å². The van der Waals surface area contributed by atoms with Gasteiger partial charge in [-0.25, -0.2) is 0 Å². The summed E-state index contributed by atoms with van der Waals surface area (Å²) in [6, 6.07) is 16.6. The summed E-state index contributed by atoms with van der Waals surface area (Å²) in [5, 5.41) is 46.3. The largest absolute Gasteiger partial charge is 0.493 e. The van der Waals surface area contributed by atoms with Crippen LogP contribution in [0.4, 0.5) is 0 Å². The molecule has 1 saturated heterocycles. The number of halogens is 2. The van der Waals surface area contributed by atoms with E-state index in [2.05, 4.69) is 55.1 Å². The van der Waals surface area contributed by atoms with Crippen molar-refractivity contribution in [3.8, 4) is 28.7 Å². The fraction of sp³-hybridized carbons (Fsp3) is 0.432. The van der Waals surface area contributed by atoms with E-state index in [0.717, 1.165) is 77.5 Å². The molecule has 1 aliphatic heterocycles. The molecule has 0 bridgehead atoms. The highest BCUT2D eigenvalue weighted by atomic mass is 79.9. The highest BCUT2D eigenvalue weighted by Gasteiger charge is 2.20. The lowest BCUT2D eigenvalue weighted by atomic mass is 10.00. The number of nitrogens with one attached hydrogen (secondary N) is 1. The number of aromatic nitrogens is 2. The van der Waals surface area contributed by atoms with Crippen LogP contribution in [0.3, 0.4) is 0 Å². The number of likely N-dealkylation sites (tertiary alicyclic amines) is 1. The third-order valence-corrected chi connectivity index (χ3v) is 10.1. The Morgan fingerprint density at radius 3 is 2.64 bits per heavy atom. The van der Waals surface area contributed by atoms with Gasteiger partial charge in [-0.05, 0) is 77.8 Å². The van der Waals surface area contributed by atoms with Gasteiger partial charge in [0, 0.05) is 59.7 Å². The molecule has 2 atom stereocenters. The van der Waals surface area contributed by atoms with Gasteiger partial charge >= 0.3 is 5.97 Å². The molecule has 1 aliphatic rings. The Balaban J connectivity index is 1.29. The molecule has 3 aromatic carbocycles. The number of carboxylic acids is 1. The molecule has 5 rings (SSSR count). The third kappa shape index (κ3) is 9.75. The summed E-state index contributed by atoms with van der Waals surface area (Å²) in [5.41, 5.74) is 4.66. The van der Waals surface area contributed by atoms with Gasteiger partial charge in [0.1, 0.15) is 24.1 Å². The molecule has 50 heavy (non-hydrogen) atoms. The molecular weight excluding hydrogens is 726 g/mol. The van der Waals surface area contributed by atoms with E-state index in [1.165, 1.54) is 0 Å². The second kappa shape index (κ2) is 18.5. The summed E-state index contributed by atoms with van der Waals surface area (Å²) in [7, 11) is 0. The molecule has 0 amide bonds. The van der Waals surface area contributed by atoms with Crippen molar-refractivity contribution in [1.29, 1.82) is 5.26 Å². The molecule has 11 nitrogen and oxygen atoms in total. The molecule has 0 saturated carbocycles. The fourth-order valence-electron chi connectivity index (χ4n) is 6.09. The number of hydrogen-bond donors (Lipinski definition) is 4. The zero-order chi connectivity index (χ0) is 35.5. The number of aliphatic hydroxyl groups is 2. The Morgan fingerprint density at radius 2 is 1.88 bits per heavy atom. The SMILES string of the molecule is N#CCCCCOc1cc(OCc2cccc(-c3cccc4c3cnn4CCCCN3CC[C@@H](O)C3)c2Br)c(Cl)cc1CN[C@@H](CO)C(=O)O. The number of aliphatic hydroxyl groups excluding tert-OH is 2. The van der Waals surface area contributed by atoms with Crippen molar-refractivity contribution in [1.82, 2.24) is 20.0 Å². The van der Waals surface area contributed by atoms with Crippen molar-refractivity contribution in [2.75, 3.05) is 32.8 Å². The van der Waals surface area contributed by atoms with Crippen molar-refractivity contribution in [3.63, 3.8) is 0 Å². The molecule has 266 valence electrons. The predicted octanol–water partition coefficient (Wildman–Crippen LogP) is 6.15. The number of unbranched alkanes of at least 4 members (excludes halogenated alkanes) is 3. The van der Waals surface area contributed by atoms with E-state index < -0.39 is 18.6 Å². The maximum absolute atomic E-state index is 11.4. The van der Waals surface area contributed by atoms with Crippen molar-refractivity contribution >= 4 is 44.4 Å². The molecule has 0 spiro atoms. The number of aryl methyl sites for hydroxylation is 1. The molecule has 0 aliphatic carbocycles. The van der Waals surface area contributed by atoms with Gasteiger partial charge < -0.3 is 29.7 Å². The highest BCUT2D eigenvalue weighted by molar-refractivity contribution is 9.10. The van der Waals surface area contributed by atoms with Crippen LogP contribution in [-0.4, -0.2) is 81.0 Å². The lowest BCUT2D eigenvalue weighted by molar-refractivity contribution is -0.140. The van der Waals surface area contributed by atoms with Gasteiger partial charge in [-0.3, -0.25) is 14.8 Å². The van der Waals surface area contributed by atoms with Gasteiger partial charge in [-0.15, -0.1) is 0 Å². The van der Waals surface area contributed by atoms with Crippen LogP contribution in [-0.2, 0) is 24.5 Å². The fourth-order valence-corrected chi connectivity index (χ4v) is 6.93. The summed E-state index contributed by atoms with van der Waals surface area (Å²) in [4.78, 5) is 13.7. The first-order chi connectivity index (χ1) is 24.3. The Kier molecular flexibility index (Phi) is 13.9. The number of carboxylic acid groups (broad SMARTS) is 1. The first-order valence-corrected chi connectivity index (χ1v) is 18.1. The standard InChI is InChI=1S/C37H43BrClN5O6/c38-36-25(24-50-35-19-34(49-17-5-1-2-13-40)26(18-31(35)39)20-41-32(23-45)37(47)48)8-6-10-29(36)28-9-7-11-33-30(28)21-42-44(33)15-4-3-14-43-16-12-27(46)22-43/h6-11,18-19,21,27,32,41,45-46H,1-5,12,14-17,20,22-24H2,(H,47,48)/t27-,32+/m1/s1. The van der Waals surface area contributed by atoms with E-state index in [-0.39, 0.29) is 19.3 Å². The van der Waals surface area contributed by atoms with E-state index in [1.54, 1.807) is 12.1 Å². The predicted molar refractivity (Wildman–Crippen MR) is 195 cm³/mol. The number of nitriles is 1. The van der Waals surface area contributed by atoms with Crippen LogP contribution in [0.25, 0.3) is 22.0 Å². The average molecular weight is 769 g/mol. The number of hydrogen-bond acceptors (Lipinski definition) is 9. The molecule has 1 aromatic heterocycles. The zero-order valence-electron chi connectivity index (χ0n) is 27.9. The molecule has 4 aromatic rings. The lowest BCUT2D eigenvalue weighted by Gasteiger charge is -2.18. The molecule has 0 unspecified atom stereocenters. The summed E-state index contributed by atoms with van der Waals surface area (Å²) >= 11 is 10.5. The number of aliphatic carboxylic acids is 1. The molecule has 4 N–H and O–H groups in total. The summed E-state index contributed by atoms with van der Waals surface area (Å²) in [6.07, 6.45) is 6.44. The lowest BCUT2D eigenvalue weighted by Crippen LogP contribution is -2.39. The monoisotopic (exact) mass is 767 g/mol. The summed E-state index contributed by atoms with van der Waals surface area (Å²) in [6.45, 7) is 3.66. The smallest absolute Gasteiger partial charge is 0.323 e. The zero-order valence-corrected chi connectivity index (χ0v) is 30.2. The minimum atomic E-state index is -1.17. The van der Waals surface area contributed by atoms with Gasteiger partial charge in [0.05, 0.1) is 42.1 Å². The Labute approximate surface area is 305 Å². The third-order valence-electron chi connectivity index (χ3n) is 8.86.